The Morgan fingerprint density at radius 2 is 2.00 bits per heavy atom. The van der Waals surface area contributed by atoms with Gasteiger partial charge in [-0.25, -0.2) is 0 Å². The Morgan fingerprint density at radius 3 is 2.52 bits per heavy atom. The van der Waals surface area contributed by atoms with Crippen LogP contribution in [0.25, 0.3) is 0 Å². The fourth-order valence-corrected chi connectivity index (χ4v) is 3.42. The van der Waals surface area contributed by atoms with Gasteiger partial charge in [0.15, 0.2) is 0 Å². The Hall–Kier alpha value is -0.900. The third-order valence-corrected chi connectivity index (χ3v) is 4.72. The highest BCUT2D eigenvalue weighted by atomic mass is 16.3. The van der Waals surface area contributed by atoms with E-state index in [4.69, 9.17) is 0 Å². The van der Waals surface area contributed by atoms with Crippen molar-refractivity contribution in [2.45, 2.75) is 39.2 Å². The van der Waals surface area contributed by atoms with Gasteiger partial charge in [-0.3, -0.25) is 0 Å². The van der Waals surface area contributed by atoms with Gasteiger partial charge in [-0.05, 0) is 36.9 Å². The summed E-state index contributed by atoms with van der Waals surface area (Å²) in [6.45, 7) is 11.2. The molecule has 3 nitrogen and oxygen atoms in total. The van der Waals surface area contributed by atoms with Crippen LogP contribution in [0.4, 0.5) is 0 Å². The molecule has 2 rings (SSSR count). The van der Waals surface area contributed by atoms with Gasteiger partial charge in [0.1, 0.15) is 0 Å². The fraction of sp³-hybridized carbons (Fsp3) is 0.667. The van der Waals surface area contributed by atoms with Gasteiger partial charge in [-0.2, -0.15) is 0 Å². The number of likely N-dealkylation sites (tertiary alicyclic amines) is 1. The Kier molecular flexibility index (Phi) is 5.42. The molecule has 0 radical (unpaired) electrons. The average Bonchev–Trinajstić information content (AvgIpc) is 2.84. The number of nitrogens with zero attached hydrogens (tertiary/aromatic N) is 1. The molecule has 0 spiro atoms. The lowest BCUT2D eigenvalue weighted by Crippen LogP contribution is -2.47. The second-order valence-electron chi connectivity index (χ2n) is 7.08. The molecule has 1 heterocycles. The number of nitrogens with one attached hydrogen (secondary N) is 1. The van der Waals surface area contributed by atoms with Crippen molar-refractivity contribution in [2.75, 3.05) is 32.8 Å². The first kappa shape index (κ1) is 16.5. The first-order valence-electron chi connectivity index (χ1n) is 8.15. The first-order valence-corrected chi connectivity index (χ1v) is 8.15. The SMILES string of the molecule is CCNC(CO)(CCN1CCC(C)(C)C1)c1ccccc1. The van der Waals surface area contributed by atoms with E-state index in [1.807, 2.05) is 6.07 Å². The predicted octanol–water partition coefficient (Wildman–Crippen LogP) is 2.61. The maximum Gasteiger partial charge on any atom is 0.0681 e. The maximum atomic E-state index is 10.1. The number of aliphatic hydroxyl groups excluding tert-OH is 1. The van der Waals surface area contributed by atoms with Crippen molar-refractivity contribution in [2.24, 2.45) is 5.41 Å². The minimum Gasteiger partial charge on any atom is -0.394 e. The van der Waals surface area contributed by atoms with Crippen LogP contribution in [-0.4, -0.2) is 42.8 Å². The van der Waals surface area contributed by atoms with Gasteiger partial charge in [-0.1, -0.05) is 51.1 Å². The monoisotopic (exact) mass is 290 g/mol. The number of hydrogen-bond acceptors (Lipinski definition) is 3. The standard InChI is InChI=1S/C18H30N2O/c1-4-19-18(15-21,16-8-6-5-7-9-16)11-13-20-12-10-17(2,3)14-20/h5-9,19,21H,4,10-15H2,1-3H3. The van der Waals surface area contributed by atoms with Crippen molar-refractivity contribution in [1.82, 2.24) is 10.2 Å². The summed E-state index contributed by atoms with van der Waals surface area (Å²) in [7, 11) is 0. The van der Waals surface area contributed by atoms with Crippen molar-refractivity contribution in [3.63, 3.8) is 0 Å². The fourth-order valence-electron chi connectivity index (χ4n) is 3.42. The molecule has 118 valence electrons. The van der Waals surface area contributed by atoms with Gasteiger partial charge < -0.3 is 15.3 Å². The Bertz CT molecular complexity index is 432. The first-order chi connectivity index (χ1) is 10.0. The number of hydrogen-bond donors (Lipinski definition) is 2. The zero-order chi connectivity index (χ0) is 15.3. The molecule has 1 fully saturated rings. The topological polar surface area (TPSA) is 35.5 Å². The summed E-state index contributed by atoms with van der Waals surface area (Å²) in [6.07, 6.45) is 2.21. The molecule has 1 aromatic rings. The summed E-state index contributed by atoms with van der Waals surface area (Å²) in [5, 5.41) is 13.6. The van der Waals surface area contributed by atoms with Crippen molar-refractivity contribution < 1.29 is 5.11 Å². The molecule has 21 heavy (non-hydrogen) atoms. The molecule has 0 aliphatic carbocycles. The summed E-state index contributed by atoms with van der Waals surface area (Å²) >= 11 is 0. The van der Waals surface area contributed by atoms with E-state index in [2.05, 4.69) is 55.3 Å². The molecule has 0 amide bonds. The smallest absolute Gasteiger partial charge is 0.0681 e. The van der Waals surface area contributed by atoms with Crippen LogP contribution in [-0.2, 0) is 5.54 Å². The van der Waals surface area contributed by atoms with E-state index in [-0.39, 0.29) is 12.1 Å². The van der Waals surface area contributed by atoms with Crippen LogP contribution < -0.4 is 5.32 Å². The molecule has 3 heteroatoms. The quantitative estimate of drug-likeness (QED) is 0.810. The predicted molar refractivity (Wildman–Crippen MR) is 88.3 cm³/mol. The molecular weight excluding hydrogens is 260 g/mol. The Balaban J connectivity index is 2.07. The highest BCUT2D eigenvalue weighted by Gasteiger charge is 2.34. The van der Waals surface area contributed by atoms with E-state index in [0.29, 0.717) is 5.41 Å². The Morgan fingerprint density at radius 1 is 1.29 bits per heavy atom. The third kappa shape index (κ3) is 4.06. The number of rotatable bonds is 7. The second kappa shape index (κ2) is 6.91. The van der Waals surface area contributed by atoms with Crippen molar-refractivity contribution in [1.29, 1.82) is 0 Å². The van der Waals surface area contributed by atoms with Gasteiger partial charge >= 0.3 is 0 Å². The van der Waals surface area contributed by atoms with Crippen molar-refractivity contribution >= 4 is 0 Å². The second-order valence-corrected chi connectivity index (χ2v) is 7.08. The van der Waals surface area contributed by atoms with Crippen LogP contribution in [0.3, 0.4) is 0 Å². The lowest BCUT2D eigenvalue weighted by Gasteiger charge is -2.35. The largest absolute Gasteiger partial charge is 0.394 e. The van der Waals surface area contributed by atoms with E-state index in [1.54, 1.807) is 0 Å². The highest BCUT2D eigenvalue weighted by molar-refractivity contribution is 5.24. The van der Waals surface area contributed by atoms with Crippen molar-refractivity contribution in [3.05, 3.63) is 35.9 Å². The van der Waals surface area contributed by atoms with E-state index in [1.165, 1.54) is 18.5 Å². The normalized spacial score (nSPS) is 21.3. The van der Waals surface area contributed by atoms with Crippen LogP contribution in [0.5, 0.6) is 0 Å². The lowest BCUT2D eigenvalue weighted by atomic mass is 9.87. The molecule has 1 aromatic carbocycles. The zero-order valence-electron chi connectivity index (χ0n) is 13.7. The van der Waals surface area contributed by atoms with Crippen LogP contribution in [0.15, 0.2) is 30.3 Å². The summed E-state index contributed by atoms with van der Waals surface area (Å²) in [5.74, 6) is 0. The zero-order valence-corrected chi connectivity index (χ0v) is 13.7. The summed E-state index contributed by atoms with van der Waals surface area (Å²) in [4.78, 5) is 2.53. The summed E-state index contributed by atoms with van der Waals surface area (Å²) < 4.78 is 0. The molecule has 0 saturated carbocycles. The minimum absolute atomic E-state index is 0.141. The lowest BCUT2D eigenvalue weighted by molar-refractivity contribution is 0.136. The third-order valence-electron chi connectivity index (χ3n) is 4.72. The number of benzene rings is 1. The molecule has 1 saturated heterocycles. The number of aliphatic hydroxyl groups is 1. The van der Waals surface area contributed by atoms with Gasteiger partial charge in [0.25, 0.3) is 0 Å². The summed E-state index contributed by atoms with van der Waals surface area (Å²) in [6, 6.07) is 10.4. The van der Waals surface area contributed by atoms with Gasteiger partial charge in [0.2, 0.25) is 0 Å². The molecular formula is C18H30N2O. The number of likely N-dealkylation sites (N-methyl/N-ethyl adjacent to an activating group) is 1. The molecule has 1 aliphatic rings. The highest BCUT2D eigenvalue weighted by Crippen LogP contribution is 2.31. The van der Waals surface area contributed by atoms with Crippen LogP contribution in [0.1, 0.15) is 39.2 Å². The molecule has 1 atom stereocenters. The van der Waals surface area contributed by atoms with Gasteiger partial charge in [0, 0.05) is 13.1 Å². The molecule has 1 unspecified atom stereocenters. The molecule has 0 aromatic heterocycles. The van der Waals surface area contributed by atoms with Crippen LogP contribution in [0, 0.1) is 5.41 Å². The maximum absolute atomic E-state index is 10.1. The molecule has 0 bridgehead atoms. The van der Waals surface area contributed by atoms with Gasteiger partial charge in [0.05, 0.1) is 12.1 Å². The minimum atomic E-state index is -0.317. The molecule has 1 aliphatic heterocycles. The van der Waals surface area contributed by atoms with Crippen LogP contribution in [0.2, 0.25) is 0 Å². The average molecular weight is 290 g/mol. The van der Waals surface area contributed by atoms with E-state index >= 15 is 0 Å². The van der Waals surface area contributed by atoms with E-state index in [0.717, 1.165) is 26.1 Å². The van der Waals surface area contributed by atoms with Crippen LogP contribution >= 0.6 is 0 Å². The Labute approximate surface area is 129 Å². The van der Waals surface area contributed by atoms with E-state index < -0.39 is 0 Å². The van der Waals surface area contributed by atoms with Crippen molar-refractivity contribution in [3.8, 4) is 0 Å². The van der Waals surface area contributed by atoms with E-state index in [9.17, 15) is 5.11 Å². The summed E-state index contributed by atoms with van der Waals surface area (Å²) in [5.41, 5.74) is 1.31. The molecule has 2 N–H and O–H groups in total. The van der Waals surface area contributed by atoms with Gasteiger partial charge in [-0.15, -0.1) is 0 Å².